The van der Waals surface area contributed by atoms with E-state index in [1.807, 2.05) is 23.1 Å². The number of benzene rings is 1. The lowest BCUT2D eigenvalue weighted by molar-refractivity contribution is 0.0746. The first-order valence-electron chi connectivity index (χ1n) is 7.52. The molecule has 0 unspecified atom stereocenters. The molecule has 5 nitrogen and oxygen atoms in total. The third kappa shape index (κ3) is 3.09. The molecule has 1 aliphatic heterocycles. The van der Waals surface area contributed by atoms with Gasteiger partial charge in [0.25, 0.3) is 5.91 Å². The normalized spacial score (nSPS) is 15.0. The van der Waals surface area contributed by atoms with Gasteiger partial charge in [0.2, 0.25) is 0 Å². The maximum Gasteiger partial charge on any atom is 0.254 e. The van der Waals surface area contributed by atoms with Crippen LogP contribution in [0.25, 0.3) is 0 Å². The van der Waals surface area contributed by atoms with Crippen LogP contribution in [0.3, 0.4) is 0 Å². The maximum absolute atomic E-state index is 12.5. The van der Waals surface area contributed by atoms with Crippen LogP contribution in [0.1, 0.15) is 16.1 Å². The average molecular weight is 296 g/mol. The molecule has 3 rings (SSSR count). The number of carbonyl (C=O) groups excluding carboxylic acids is 1. The second kappa shape index (κ2) is 6.58. The summed E-state index contributed by atoms with van der Waals surface area (Å²) in [7, 11) is 0. The molecule has 1 aliphatic rings. The molecule has 1 saturated heterocycles. The zero-order chi connectivity index (χ0) is 15.4. The third-order valence-electron chi connectivity index (χ3n) is 3.96. The Morgan fingerprint density at radius 2 is 1.82 bits per heavy atom. The van der Waals surface area contributed by atoms with E-state index in [4.69, 9.17) is 5.73 Å². The fourth-order valence-corrected chi connectivity index (χ4v) is 2.71. The van der Waals surface area contributed by atoms with E-state index in [9.17, 15) is 4.79 Å². The van der Waals surface area contributed by atoms with Crippen molar-refractivity contribution < 1.29 is 4.79 Å². The van der Waals surface area contributed by atoms with Crippen molar-refractivity contribution in [1.82, 2.24) is 9.88 Å². The average Bonchev–Trinajstić information content (AvgIpc) is 2.62. The molecule has 1 fully saturated rings. The minimum atomic E-state index is 0.0600. The van der Waals surface area contributed by atoms with Crippen LogP contribution in [0.4, 0.5) is 5.69 Å². The molecular weight excluding hydrogens is 276 g/mol. The number of rotatable bonds is 3. The zero-order valence-electron chi connectivity index (χ0n) is 12.5. The quantitative estimate of drug-likeness (QED) is 0.932. The summed E-state index contributed by atoms with van der Waals surface area (Å²) in [5, 5.41) is 0. The molecule has 2 N–H and O–H groups in total. The van der Waals surface area contributed by atoms with Crippen molar-refractivity contribution in [2.45, 2.75) is 6.54 Å². The molecule has 1 aromatic heterocycles. The summed E-state index contributed by atoms with van der Waals surface area (Å²) in [6.07, 6.45) is 1.65. The first-order chi connectivity index (χ1) is 10.8. The predicted molar refractivity (Wildman–Crippen MR) is 86.7 cm³/mol. The minimum absolute atomic E-state index is 0.0600. The number of hydrogen-bond donors (Lipinski definition) is 1. The van der Waals surface area contributed by atoms with Crippen LogP contribution in [-0.2, 0) is 6.54 Å². The molecule has 0 aliphatic carbocycles. The number of aromatic nitrogens is 1. The van der Waals surface area contributed by atoms with Gasteiger partial charge in [-0.25, -0.2) is 0 Å². The van der Waals surface area contributed by atoms with E-state index in [0.717, 1.165) is 31.9 Å². The number of amides is 1. The van der Waals surface area contributed by atoms with Crippen molar-refractivity contribution in [3.05, 3.63) is 59.9 Å². The second-order valence-electron chi connectivity index (χ2n) is 5.35. The Bertz CT molecular complexity index is 636. The van der Waals surface area contributed by atoms with Gasteiger partial charge < -0.3 is 15.5 Å². The molecule has 5 heteroatoms. The van der Waals surface area contributed by atoms with Crippen LogP contribution in [0.5, 0.6) is 0 Å². The van der Waals surface area contributed by atoms with Gasteiger partial charge in [-0.3, -0.25) is 9.78 Å². The second-order valence-corrected chi connectivity index (χ2v) is 5.35. The van der Waals surface area contributed by atoms with Gasteiger partial charge in [0.05, 0.1) is 5.69 Å². The standard InChI is InChI=1S/C17H20N4O/c18-13-15-12-14(6-7-19-15)17(22)21-10-8-20(9-11-21)16-4-2-1-3-5-16/h1-7,12H,8-11,13,18H2. The maximum atomic E-state index is 12.5. The van der Waals surface area contributed by atoms with Gasteiger partial charge in [-0.1, -0.05) is 18.2 Å². The molecular formula is C17H20N4O. The van der Waals surface area contributed by atoms with E-state index in [1.54, 1.807) is 18.3 Å². The number of hydrogen-bond acceptors (Lipinski definition) is 4. The fourth-order valence-electron chi connectivity index (χ4n) is 2.71. The SMILES string of the molecule is NCc1cc(C(=O)N2CCN(c3ccccc3)CC2)ccn1. The van der Waals surface area contributed by atoms with E-state index in [1.165, 1.54) is 5.69 Å². The van der Waals surface area contributed by atoms with Crippen LogP contribution >= 0.6 is 0 Å². The number of carbonyl (C=O) groups is 1. The summed E-state index contributed by atoms with van der Waals surface area (Å²) in [5.74, 6) is 0.0600. The summed E-state index contributed by atoms with van der Waals surface area (Å²) >= 11 is 0. The highest BCUT2D eigenvalue weighted by Crippen LogP contribution is 2.16. The number of para-hydroxylation sites is 1. The van der Waals surface area contributed by atoms with Crippen molar-refractivity contribution in [1.29, 1.82) is 0 Å². The number of nitrogens with two attached hydrogens (primary N) is 1. The Morgan fingerprint density at radius 1 is 1.09 bits per heavy atom. The van der Waals surface area contributed by atoms with E-state index < -0.39 is 0 Å². The Morgan fingerprint density at radius 3 is 2.50 bits per heavy atom. The minimum Gasteiger partial charge on any atom is -0.368 e. The van der Waals surface area contributed by atoms with E-state index in [0.29, 0.717) is 12.1 Å². The van der Waals surface area contributed by atoms with E-state index in [-0.39, 0.29) is 5.91 Å². The molecule has 1 amide bonds. The molecule has 114 valence electrons. The number of piperazine rings is 1. The third-order valence-corrected chi connectivity index (χ3v) is 3.96. The van der Waals surface area contributed by atoms with Crippen molar-refractivity contribution in [2.24, 2.45) is 5.73 Å². The van der Waals surface area contributed by atoms with Gasteiger partial charge in [-0.15, -0.1) is 0 Å². The van der Waals surface area contributed by atoms with Gasteiger partial charge in [0.15, 0.2) is 0 Å². The number of pyridine rings is 1. The molecule has 1 aromatic carbocycles. The first kappa shape index (κ1) is 14.5. The summed E-state index contributed by atoms with van der Waals surface area (Å²) in [6, 6.07) is 13.8. The van der Waals surface area contributed by atoms with Crippen LogP contribution in [0.15, 0.2) is 48.7 Å². The highest BCUT2D eigenvalue weighted by molar-refractivity contribution is 5.94. The summed E-state index contributed by atoms with van der Waals surface area (Å²) < 4.78 is 0. The highest BCUT2D eigenvalue weighted by Gasteiger charge is 2.22. The Balaban J connectivity index is 1.64. The monoisotopic (exact) mass is 296 g/mol. The zero-order valence-corrected chi connectivity index (χ0v) is 12.5. The van der Waals surface area contributed by atoms with Crippen LogP contribution < -0.4 is 10.6 Å². The molecule has 0 radical (unpaired) electrons. The number of anilines is 1. The fraction of sp³-hybridized carbons (Fsp3) is 0.294. The lowest BCUT2D eigenvalue weighted by Gasteiger charge is -2.36. The van der Waals surface area contributed by atoms with Gasteiger partial charge in [0.1, 0.15) is 0 Å². The Labute approximate surface area is 130 Å². The molecule has 2 heterocycles. The smallest absolute Gasteiger partial charge is 0.254 e. The van der Waals surface area contributed by atoms with Crippen LogP contribution in [0, 0.1) is 0 Å². The highest BCUT2D eigenvalue weighted by atomic mass is 16.2. The van der Waals surface area contributed by atoms with Crippen molar-refractivity contribution in [3.8, 4) is 0 Å². The topological polar surface area (TPSA) is 62.5 Å². The largest absolute Gasteiger partial charge is 0.368 e. The van der Waals surface area contributed by atoms with E-state index in [2.05, 4.69) is 22.0 Å². The molecule has 0 spiro atoms. The first-order valence-corrected chi connectivity index (χ1v) is 7.52. The van der Waals surface area contributed by atoms with Crippen molar-refractivity contribution in [2.75, 3.05) is 31.1 Å². The van der Waals surface area contributed by atoms with E-state index >= 15 is 0 Å². The van der Waals surface area contributed by atoms with Gasteiger partial charge in [0, 0.05) is 50.2 Å². The predicted octanol–water partition coefficient (Wildman–Crippen LogP) is 1.50. The molecule has 0 saturated carbocycles. The molecule has 22 heavy (non-hydrogen) atoms. The Hall–Kier alpha value is -2.40. The lowest BCUT2D eigenvalue weighted by Crippen LogP contribution is -2.48. The van der Waals surface area contributed by atoms with Gasteiger partial charge in [-0.05, 0) is 24.3 Å². The van der Waals surface area contributed by atoms with Crippen molar-refractivity contribution >= 4 is 11.6 Å². The van der Waals surface area contributed by atoms with Crippen LogP contribution in [-0.4, -0.2) is 42.0 Å². The van der Waals surface area contributed by atoms with Crippen LogP contribution in [0.2, 0.25) is 0 Å². The summed E-state index contributed by atoms with van der Waals surface area (Å²) in [5.41, 5.74) is 8.21. The summed E-state index contributed by atoms with van der Waals surface area (Å²) in [6.45, 7) is 3.51. The number of nitrogens with zero attached hydrogens (tertiary/aromatic N) is 3. The van der Waals surface area contributed by atoms with Gasteiger partial charge in [-0.2, -0.15) is 0 Å². The Kier molecular flexibility index (Phi) is 4.34. The van der Waals surface area contributed by atoms with Gasteiger partial charge >= 0.3 is 0 Å². The lowest BCUT2D eigenvalue weighted by atomic mass is 10.1. The summed E-state index contributed by atoms with van der Waals surface area (Å²) in [4.78, 5) is 20.9. The molecule has 0 bridgehead atoms. The van der Waals surface area contributed by atoms with Crippen molar-refractivity contribution in [3.63, 3.8) is 0 Å². The molecule has 0 atom stereocenters. The molecule has 2 aromatic rings.